The molecule has 0 aliphatic carbocycles. The van der Waals surface area contributed by atoms with Crippen LogP contribution in [0.4, 0.5) is 0 Å². The Balaban J connectivity index is 1.66. The molecule has 0 aliphatic rings. The first-order valence-electron chi connectivity index (χ1n) is 8.10. The zero-order chi connectivity index (χ0) is 17.6. The molecule has 0 spiro atoms. The second-order valence-electron chi connectivity index (χ2n) is 5.56. The summed E-state index contributed by atoms with van der Waals surface area (Å²) in [6.45, 7) is 9.05. The summed E-state index contributed by atoms with van der Waals surface area (Å²) >= 11 is 1.62. The molecule has 0 radical (unpaired) electrons. The van der Waals surface area contributed by atoms with Crippen LogP contribution in [0.25, 0.3) is 11.4 Å². The Morgan fingerprint density at radius 2 is 2.08 bits per heavy atom. The highest BCUT2D eigenvalue weighted by Crippen LogP contribution is 2.27. The molecule has 3 aromatic rings. The maximum Gasteiger partial charge on any atom is 0.191 e. The number of ether oxygens (including phenoxy) is 1. The van der Waals surface area contributed by atoms with Gasteiger partial charge in [-0.2, -0.15) is 0 Å². The second kappa shape index (κ2) is 8.07. The topological polar surface area (TPSA) is 53.1 Å². The van der Waals surface area contributed by atoms with Gasteiger partial charge in [0.05, 0.1) is 18.4 Å². The highest BCUT2D eigenvalue weighted by atomic mass is 32.2. The van der Waals surface area contributed by atoms with Crippen molar-refractivity contribution in [3.8, 4) is 17.1 Å². The van der Waals surface area contributed by atoms with Crippen LogP contribution in [-0.2, 0) is 6.54 Å². The minimum absolute atomic E-state index is 0.608. The summed E-state index contributed by atoms with van der Waals surface area (Å²) < 4.78 is 13.3. The van der Waals surface area contributed by atoms with Crippen LogP contribution in [0, 0.1) is 13.8 Å². The number of hydrogen-bond acceptors (Lipinski definition) is 5. The summed E-state index contributed by atoms with van der Waals surface area (Å²) in [7, 11) is 0. The van der Waals surface area contributed by atoms with Crippen LogP contribution in [-0.4, -0.2) is 27.1 Å². The molecule has 0 fully saturated rings. The largest absolute Gasteiger partial charge is 0.492 e. The van der Waals surface area contributed by atoms with Crippen LogP contribution >= 0.6 is 11.8 Å². The predicted octanol–water partition coefficient (Wildman–Crippen LogP) is 4.51. The number of furan rings is 1. The SMILES string of the molecule is C=CCn1c(SCCOc2ccccc2C)nnc1-c1ccoc1C. The number of hydrogen-bond donors (Lipinski definition) is 0. The number of aryl methyl sites for hydroxylation is 2. The van der Waals surface area contributed by atoms with Crippen LogP contribution in [0.2, 0.25) is 0 Å². The quantitative estimate of drug-likeness (QED) is 0.338. The van der Waals surface area contributed by atoms with Gasteiger partial charge in [-0.1, -0.05) is 36.0 Å². The standard InChI is InChI=1S/C19H21N3O2S/c1-4-10-22-18(16-9-11-23-15(16)3)20-21-19(22)25-13-12-24-17-8-6-5-7-14(17)2/h4-9,11H,1,10,12-13H2,2-3H3. The highest BCUT2D eigenvalue weighted by molar-refractivity contribution is 7.99. The first-order chi connectivity index (χ1) is 12.2. The Kier molecular flexibility index (Phi) is 5.60. The zero-order valence-corrected chi connectivity index (χ0v) is 15.3. The third-order valence-electron chi connectivity index (χ3n) is 3.79. The number of rotatable bonds is 8. The van der Waals surface area contributed by atoms with E-state index in [0.717, 1.165) is 39.4 Å². The summed E-state index contributed by atoms with van der Waals surface area (Å²) in [6, 6.07) is 9.93. The van der Waals surface area contributed by atoms with Crippen molar-refractivity contribution in [3.05, 3.63) is 60.6 Å². The van der Waals surface area contributed by atoms with Crippen LogP contribution in [0.5, 0.6) is 5.75 Å². The van der Waals surface area contributed by atoms with Gasteiger partial charge in [0.15, 0.2) is 11.0 Å². The highest BCUT2D eigenvalue weighted by Gasteiger charge is 2.16. The van der Waals surface area contributed by atoms with Crippen LogP contribution < -0.4 is 4.74 Å². The van der Waals surface area contributed by atoms with E-state index in [1.165, 1.54) is 0 Å². The van der Waals surface area contributed by atoms with Crippen molar-refractivity contribution in [2.45, 2.75) is 25.5 Å². The smallest absolute Gasteiger partial charge is 0.191 e. The first-order valence-corrected chi connectivity index (χ1v) is 9.09. The van der Waals surface area contributed by atoms with Crippen molar-refractivity contribution in [1.82, 2.24) is 14.8 Å². The number of para-hydroxylation sites is 1. The van der Waals surface area contributed by atoms with E-state index in [1.54, 1.807) is 18.0 Å². The van der Waals surface area contributed by atoms with Gasteiger partial charge < -0.3 is 9.15 Å². The van der Waals surface area contributed by atoms with E-state index >= 15 is 0 Å². The van der Waals surface area contributed by atoms with Gasteiger partial charge in [0.1, 0.15) is 11.5 Å². The molecule has 0 saturated carbocycles. The van der Waals surface area contributed by atoms with Gasteiger partial charge in [0, 0.05) is 12.3 Å². The first kappa shape index (κ1) is 17.4. The molecule has 1 aromatic carbocycles. The molecule has 130 valence electrons. The van der Waals surface area contributed by atoms with Crippen molar-refractivity contribution < 1.29 is 9.15 Å². The lowest BCUT2D eigenvalue weighted by Crippen LogP contribution is -2.04. The van der Waals surface area contributed by atoms with E-state index in [-0.39, 0.29) is 0 Å². The van der Waals surface area contributed by atoms with Gasteiger partial charge in [0.25, 0.3) is 0 Å². The van der Waals surface area contributed by atoms with Crippen LogP contribution in [0.15, 0.2) is 58.8 Å². The number of benzene rings is 1. The summed E-state index contributed by atoms with van der Waals surface area (Å²) in [4.78, 5) is 0. The molecule has 0 unspecified atom stereocenters. The average Bonchev–Trinajstić information content (AvgIpc) is 3.20. The summed E-state index contributed by atoms with van der Waals surface area (Å²) in [6.07, 6.45) is 3.51. The van der Waals surface area contributed by atoms with Gasteiger partial charge in [0.2, 0.25) is 0 Å². The Morgan fingerprint density at radius 3 is 2.80 bits per heavy atom. The minimum atomic E-state index is 0.608. The molecule has 2 aromatic heterocycles. The lowest BCUT2D eigenvalue weighted by Gasteiger charge is -2.09. The molecule has 0 aliphatic heterocycles. The van der Waals surface area contributed by atoms with Crippen molar-refractivity contribution in [2.24, 2.45) is 0 Å². The number of nitrogens with zero attached hydrogens (tertiary/aromatic N) is 3. The average molecular weight is 355 g/mol. The van der Waals surface area contributed by atoms with Gasteiger partial charge in [-0.25, -0.2) is 0 Å². The predicted molar refractivity (Wildman–Crippen MR) is 100 cm³/mol. The Morgan fingerprint density at radius 1 is 1.24 bits per heavy atom. The molecule has 0 N–H and O–H groups in total. The number of allylic oxidation sites excluding steroid dienone is 1. The van der Waals surface area contributed by atoms with E-state index in [2.05, 4.69) is 16.8 Å². The number of thioether (sulfide) groups is 1. The lowest BCUT2D eigenvalue weighted by molar-refractivity contribution is 0.341. The fraction of sp³-hybridized carbons (Fsp3) is 0.263. The Bertz CT molecular complexity index is 854. The molecule has 25 heavy (non-hydrogen) atoms. The lowest BCUT2D eigenvalue weighted by atomic mass is 10.2. The van der Waals surface area contributed by atoms with E-state index in [4.69, 9.17) is 9.15 Å². The molecule has 5 nitrogen and oxygen atoms in total. The van der Waals surface area contributed by atoms with Gasteiger partial charge >= 0.3 is 0 Å². The third-order valence-corrected chi connectivity index (χ3v) is 4.72. The summed E-state index contributed by atoms with van der Waals surface area (Å²) in [5, 5.41) is 9.51. The molecule has 0 atom stereocenters. The molecular formula is C19H21N3O2S. The second-order valence-corrected chi connectivity index (χ2v) is 6.62. The van der Waals surface area contributed by atoms with E-state index in [0.29, 0.717) is 13.2 Å². The third kappa shape index (κ3) is 3.96. The van der Waals surface area contributed by atoms with Crippen molar-refractivity contribution in [1.29, 1.82) is 0 Å². The fourth-order valence-corrected chi connectivity index (χ4v) is 3.27. The van der Waals surface area contributed by atoms with Gasteiger partial charge in [-0.3, -0.25) is 4.57 Å². The zero-order valence-electron chi connectivity index (χ0n) is 14.4. The molecule has 3 rings (SSSR count). The van der Waals surface area contributed by atoms with Crippen molar-refractivity contribution in [3.63, 3.8) is 0 Å². The minimum Gasteiger partial charge on any atom is -0.492 e. The van der Waals surface area contributed by atoms with Crippen LogP contribution in [0.1, 0.15) is 11.3 Å². The summed E-state index contributed by atoms with van der Waals surface area (Å²) in [5.74, 6) is 3.34. The maximum atomic E-state index is 5.84. The molecule has 0 amide bonds. The molecular weight excluding hydrogens is 334 g/mol. The van der Waals surface area contributed by atoms with Crippen LogP contribution in [0.3, 0.4) is 0 Å². The normalized spacial score (nSPS) is 10.8. The molecule has 0 saturated heterocycles. The van der Waals surface area contributed by atoms with Gasteiger partial charge in [-0.05, 0) is 31.5 Å². The number of aromatic nitrogens is 3. The fourth-order valence-electron chi connectivity index (χ4n) is 2.51. The van der Waals surface area contributed by atoms with E-state index in [1.807, 2.05) is 54.8 Å². The van der Waals surface area contributed by atoms with Crippen molar-refractivity contribution >= 4 is 11.8 Å². The Hall–Kier alpha value is -2.47. The monoisotopic (exact) mass is 355 g/mol. The van der Waals surface area contributed by atoms with Crippen molar-refractivity contribution in [2.75, 3.05) is 12.4 Å². The molecule has 0 bridgehead atoms. The Labute approximate surface area is 151 Å². The summed E-state index contributed by atoms with van der Waals surface area (Å²) in [5.41, 5.74) is 2.09. The van der Waals surface area contributed by atoms with Gasteiger partial charge in [-0.15, -0.1) is 16.8 Å². The van der Waals surface area contributed by atoms with E-state index < -0.39 is 0 Å². The molecule has 2 heterocycles. The molecule has 6 heteroatoms. The maximum absolute atomic E-state index is 5.84. The van der Waals surface area contributed by atoms with E-state index in [9.17, 15) is 0 Å².